The number of benzene rings is 2. The van der Waals surface area contributed by atoms with E-state index in [1.807, 2.05) is 0 Å². The lowest BCUT2D eigenvalue weighted by Crippen LogP contribution is -2.31. The van der Waals surface area contributed by atoms with Crippen molar-refractivity contribution < 1.29 is 27.5 Å². The summed E-state index contributed by atoms with van der Waals surface area (Å²) in [6.07, 6.45) is -4.28. The van der Waals surface area contributed by atoms with Crippen molar-refractivity contribution >= 4 is 23.7 Å². The van der Waals surface area contributed by atoms with E-state index in [2.05, 4.69) is 4.74 Å². The summed E-state index contributed by atoms with van der Waals surface area (Å²) >= 11 is 0. The van der Waals surface area contributed by atoms with Gasteiger partial charge < -0.3 is 10.5 Å². The third kappa shape index (κ3) is 4.22. The number of primary amides is 1. The number of rotatable bonds is 4. The second kappa shape index (κ2) is 6.39. The summed E-state index contributed by atoms with van der Waals surface area (Å²) in [5.41, 5.74) is 5.91. The lowest BCUT2D eigenvalue weighted by Gasteiger charge is -2.21. The van der Waals surface area contributed by atoms with Crippen LogP contribution in [0.1, 0.15) is 10.4 Å². The molecule has 0 saturated heterocycles. The molecule has 0 aliphatic heterocycles. The Morgan fingerprint density at radius 2 is 1.70 bits per heavy atom. The fourth-order valence-corrected chi connectivity index (χ4v) is 1.96. The number of hydrogen-bond acceptors (Lipinski definition) is 3. The van der Waals surface area contributed by atoms with Crippen LogP contribution in [-0.2, 0) is 0 Å². The van der Waals surface area contributed by atoms with Crippen LogP contribution in [0.3, 0.4) is 0 Å². The molecule has 8 heteroatoms. The van der Waals surface area contributed by atoms with Crippen molar-refractivity contribution in [2.75, 3.05) is 4.90 Å². The standard InChI is InChI=1S/C15H11F3N2O3/c16-15(17,18)23-13-6-2-5-12(8-13)20(14(19)22)11-4-1-3-10(7-11)9-21/h1-9H,(H2,19,22). The molecule has 0 spiro atoms. The number of hydrogen-bond donors (Lipinski definition) is 1. The van der Waals surface area contributed by atoms with Gasteiger partial charge in [0, 0.05) is 11.6 Å². The summed E-state index contributed by atoms with van der Waals surface area (Å²) in [7, 11) is 0. The normalized spacial score (nSPS) is 10.9. The Kier molecular flexibility index (Phi) is 4.54. The van der Waals surface area contributed by atoms with Gasteiger partial charge in [-0.1, -0.05) is 18.2 Å². The van der Waals surface area contributed by atoms with E-state index < -0.39 is 18.1 Å². The molecule has 0 saturated carbocycles. The summed E-state index contributed by atoms with van der Waals surface area (Å²) in [5.74, 6) is -0.493. The fourth-order valence-electron chi connectivity index (χ4n) is 1.96. The van der Waals surface area contributed by atoms with Gasteiger partial charge in [0.1, 0.15) is 12.0 Å². The molecule has 0 aliphatic rings. The zero-order chi connectivity index (χ0) is 17.0. The molecular formula is C15H11F3N2O3. The summed E-state index contributed by atoms with van der Waals surface area (Å²) in [6.45, 7) is 0. The maximum Gasteiger partial charge on any atom is 0.573 e. The highest BCUT2D eigenvalue weighted by Gasteiger charge is 2.31. The number of carbonyl (C=O) groups excluding carboxylic acids is 2. The predicted molar refractivity (Wildman–Crippen MR) is 76.7 cm³/mol. The van der Waals surface area contributed by atoms with Gasteiger partial charge >= 0.3 is 12.4 Å². The van der Waals surface area contributed by atoms with E-state index in [0.717, 1.165) is 17.0 Å². The smallest absolute Gasteiger partial charge is 0.406 e. The van der Waals surface area contributed by atoms with Crippen molar-refractivity contribution in [2.45, 2.75) is 6.36 Å². The highest BCUT2D eigenvalue weighted by Crippen LogP contribution is 2.31. The van der Waals surface area contributed by atoms with E-state index in [1.165, 1.54) is 36.4 Å². The van der Waals surface area contributed by atoms with Gasteiger partial charge in [0.25, 0.3) is 0 Å². The van der Waals surface area contributed by atoms with Crippen LogP contribution in [0.4, 0.5) is 29.3 Å². The van der Waals surface area contributed by atoms with Gasteiger partial charge in [0.05, 0.1) is 11.4 Å². The Balaban J connectivity index is 2.44. The summed E-state index contributed by atoms with van der Waals surface area (Å²) in [6, 6.07) is 9.78. The number of carbonyl (C=O) groups is 2. The number of halogens is 3. The van der Waals surface area contributed by atoms with E-state index in [0.29, 0.717) is 6.29 Å². The molecule has 2 N–H and O–H groups in total. The summed E-state index contributed by atoms with van der Waals surface area (Å²) in [4.78, 5) is 23.5. The monoisotopic (exact) mass is 324 g/mol. The van der Waals surface area contributed by atoms with Crippen molar-refractivity contribution in [3.8, 4) is 5.75 Å². The van der Waals surface area contributed by atoms with Gasteiger partial charge in [-0.05, 0) is 24.3 Å². The minimum absolute atomic E-state index is 0.0716. The zero-order valence-corrected chi connectivity index (χ0v) is 11.6. The number of urea groups is 1. The first kappa shape index (κ1) is 16.3. The van der Waals surface area contributed by atoms with Gasteiger partial charge in [-0.2, -0.15) is 0 Å². The summed E-state index contributed by atoms with van der Waals surface area (Å²) < 4.78 is 40.7. The average molecular weight is 324 g/mol. The fraction of sp³-hybridized carbons (Fsp3) is 0.0667. The molecule has 23 heavy (non-hydrogen) atoms. The van der Waals surface area contributed by atoms with Gasteiger partial charge in [0.15, 0.2) is 0 Å². The van der Waals surface area contributed by atoms with Crippen molar-refractivity contribution in [1.29, 1.82) is 0 Å². The topological polar surface area (TPSA) is 72.6 Å². The molecule has 0 radical (unpaired) electrons. The molecule has 0 heterocycles. The number of ether oxygens (including phenoxy) is 1. The lowest BCUT2D eigenvalue weighted by atomic mass is 10.2. The molecule has 5 nitrogen and oxygen atoms in total. The van der Waals surface area contributed by atoms with Gasteiger partial charge in [-0.25, -0.2) is 4.79 Å². The first-order valence-corrected chi connectivity index (χ1v) is 6.31. The molecule has 120 valence electrons. The minimum atomic E-state index is -4.85. The molecule has 2 amide bonds. The third-order valence-corrected chi connectivity index (χ3v) is 2.79. The highest BCUT2D eigenvalue weighted by molar-refractivity contribution is 5.99. The van der Waals surface area contributed by atoms with E-state index in [4.69, 9.17) is 5.73 Å². The van der Waals surface area contributed by atoms with Gasteiger partial charge in [-0.3, -0.25) is 9.69 Å². The second-order valence-corrected chi connectivity index (χ2v) is 4.43. The third-order valence-electron chi connectivity index (χ3n) is 2.79. The second-order valence-electron chi connectivity index (χ2n) is 4.43. The quantitative estimate of drug-likeness (QED) is 0.873. The molecule has 0 aromatic heterocycles. The van der Waals surface area contributed by atoms with Crippen LogP contribution in [0, 0.1) is 0 Å². The Labute approximate surface area is 129 Å². The van der Waals surface area contributed by atoms with Crippen molar-refractivity contribution in [3.05, 3.63) is 54.1 Å². The van der Waals surface area contributed by atoms with Crippen LogP contribution in [0.5, 0.6) is 5.75 Å². The molecule has 0 unspecified atom stereocenters. The first-order valence-electron chi connectivity index (χ1n) is 6.31. The lowest BCUT2D eigenvalue weighted by molar-refractivity contribution is -0.274. The molecule has 0 fully saturated rings. The Morgan fingerprint density at radius 3 is 2.26 bits per heavy atom. The predicted octanol–water partition coefficient (Wildman–Crippen LogP) is 3.61. The number of amides is 2. The zero-order valence-electron chi connectivity index (χ0n) is 11.6. The summed E-state index contributed by atoms with van der Waals surface area (Å²) in [5, 5.41) is 0. The largest absolute Gasteiger partial charge is 0.573 e. The Morgan fingerprint density at radius 1 is 1.09 bits per heavy atom. The molecule has 2 rings (SSSR count). The molecule has 0 atom stereocenters. The highest BCUT2D eigenvalue weighted by atomic mass is 19.4. The number of nitrogens with two attached hydrogens (primary N) is 1. The van der Waals surface area contributed by atoms with Crippen molar-refractivity contribution in [1.82, 2.24) is 0 Å². The first-order chi connectivity index (χ1) is 10.8. The molecule has 2 aromatic carbocycles. The average Bonchev–Trinajstić information content (AvgIpc) is 2.46. The van der Waals surface area contributed by atoms with Crippen LogP contribution in [0.15, 0.2) is 48.5 Å². The maximum atomic E-state index is 12.3. The molecular weight excluding hydrogens is 313 g/mol. The van der Waals surface area contributed by atoms with Gasteiger partial charge in [-0.15, -0.1) is 13.2 Å². The van der Waals surface area contributed by atoms with Crippen molar-refractivity contribution in [3.63, 3.8) is 0 Å². The van der Waals surface area contributed by atoms with E-state index in [1.54, 1.807) is 0 Å². The van der Waals surface area contributed by atoms with Crippen molar-refractivity contribution in [2.24, 2.45) is 5.73 Å². The van der Waals surface area contributed by atoms with Crippen LogP contribution >= 0.6 is 0 Å². The molecule has 2 aromatic rings. The van der Waals surface area contributed by atoms with Crippen LogP contribution < -0.4 is 15.4 Å². The maximum absolute atomic E-state index is 12.3. The molecule has 0 aliphatic carbocycles. The van der Waals surface area contributed by atoms with Crippen LogP contribution in [0.25, 0.3) is 0 Å². The van der Waals surface area contributed by atoms with E-state index >= 15 is 0 Å². The Bertz CT molecular complexity index is 732. The SMILES string of the molecule is NC(=O)N(c1cccc(C=O)c1)c1cccc(OC(F)(F)F)c1. The minimum Gasteiger partial charge on any atom is -0.406 e. The number of aldehydes is 1. The van der Waals surface area contributed by atoms with Crippen LogP contribution in [-0.4, -0.2) is 18.7 Å². The number of anilines is 2. The number of nitrogens with zero attached hydrogens (tertiary/aromatic N) is 1. The van der Waals surface area contributed by atoms with E-state index in [9.17, 15) is 22.8 Å². The van der Waals surface area contributed by atoms with E-state index in [-0.39, 0.29) is 16.9 Å². The number of alkyl halides is 3. The van der Waals surface area contributed by atoms with Gasteiger partial charge in [0.2, 0.25) is 0 Å². The van der Waals surface area contributed by atoms with Crippen LogP contribution in [0.2, 0.25) is 0 Å². The Hall–Kier alpha value is -3.03. The molecule has 0 bridgehead atoms.